The number of amides is 1. The lowest BCUT2D eigenvalue weighted by Crippen LogP contribution is -2.12. The van der Waals surface area contributed by atoms with Crippen LogP contribution in [0.2, 0.25) is 0 Å². The van der Waals surface area contributed by atoms with Crippen molar-refractivity contribution >= 4 is 22.6 Å². The van der Waals surface area contributed by atoms with Crippen molar-refractivity contribution in [3.8, 4) is 0 Å². The summed E-state index contributed by atoms with van der Waals surface area (Å²) in [5.41, 5.74) is 3.69. The average Bonchev–Trinajstić information content (AvgIpc) is 3.26. The first kappa shape index (κ1) is 17.0. The highest BCUT2D eigenvalue weighted by Crippen LogP contribution is 2.19. The molecule has 0 aliphatic heterocycles. The lowest BCUT2D eigenvalue weighted by Gasteiger charge is -2.03. The molecule has 0 spiro atoms. The first-order valence-corrected chi connectivity index (χ1v) is 8.77. The summed E-state index contributed by atoms with van der Waals surface area (Å²) in [6, 6.07) is 15.8. The van der Waals surface area contributed by atoms with E-state index in [-0.39, 0.29) is 12.3 Å². The molecule has 2 heterocycles. The van der Waals surface area contributed by atoms with Crippen LogP contribution in [0.3, 0.4) is 0 Å². The van der Waals surface area contributed by atoms with E-state index in [4.69, 9.17) is 4.52 Å². The van der Waals surface area contributed by atoms with Crippen molar-refractivity contribution in [1.29, 1.82) is 0 Å². The number of nitrogens with one attached hydrogen (secondary N) is 2. The van der Waals surface area contributed by atoms with E-state index in [1.807, 2.05) is 36.4 Å². The Morgan fingerprint density at radius 2 is 2.00 bits per heavy atom. The van der Waals surface area contributed by atoms with E-state index in [1.165, 1.54) is 5.56 Å². The van der Waals surface area contributed by atoms with E-state index in [0.29, 0.717) is 18.1 Å². The number of aryl methyl sites for hydroxylation is 2. The van der Waals surface area contributed by atoms with Crippen LogP contribution in [0.15, 0.2) is 53.1 Å². The van der Waals surface area contributed by atoms with Gasteiger partial charge in [0.1, 0.15) is 5.82 Å². The number of hydrogen-bond acceptors (Lipinski definition) is 5. The number of H-pyrrole nitrogens is 1. The van der Waals surface area contributed by atoms with Gasteiger partial charge in [-0.25, -0.2) is 4.98 Å². The van der Waals surface area contributed by atoms with E-state index in [1.54, 1.807) is 6.92 Å². The number of aromatic nitrogens is 4. The highest BCUT2D eigenvalue weighted by molar-refractivity contribution is 5.93. The van der Waals surface area contributed by atoms with Crippen molar-refractivity contribution in [1.82, 2.24) is 20.1 Å². The maximum absolute atomic E-state index is 12.1. The summed E-state index contributed by atoms with van der Waals surface area (Å²) >= 11 is 0. The zero-order valence-electron chi connectivity index (χ0n) is 14.9. The third-order valence-electron chi connectivity index (χ3n) is 4.16. The zero-order valence-corrected chi connectivity index (χ0v) is 14.9. The van der Waals surface area contributed by atoms with Gasteiger partial charge in [0.25, 0.3) is 0 Å². The van der Waals surface area contributed by atoms with E-state index in [2.05, 4.69) is 37.6 Å². The van der Waals surface area contributed by atoms with Crippen molar-refractivity contribution in [3.63, 3.8) is 0 Å². The van der Waals surface area contributed by atoms with Crippen molar-refractivity contribution < 1.29 is 9.32 Å². The Morgan fingerprint density at radius 3 is 2.78 bits per heavy atom. The normalized spacial score (nSPS) is 11.0. The van der Waals surface area contributed by atoms with Crippen molar-refractivity contribution in [3.05, 3.63) is 71.6 Å². The van der Waals surface area contributed by atoms with E-state index in [9.17, 15) is 4.79 Å². The van der Waals surface area contributed by atoms with Crippen LogP contribution in [-0.2, 0) is 17.6 Å². The monoisotopic (exact) mass is 361 g/mol. The van der Waals surface area contributed by atoms with E-state index < -0.39 is 0 Å². The van der Waals surface area contributed by atoms with Gasteiger partial charge in [-0.1, -0.05) is 35.5 Å². The Bertz CT molecular complexity index is 1070. The molecule has 0 saturated carbocycles. The molecule has 4 aromatic rings. The minimum atomic E-state index is -0.103. The van der Waals surface area contributed by atoms with Gasteiger partial charge in [0.05, 0.1) is 11.0 Å². The predicted molar refractivity (Wildman–Crippen MR) is 101 cm³/mol. The predicted octanol–water partition coefficient (Wildman–Crippen LogP) is 3.42. The van der Waals surface area contributed by atoms with Gasteiger partial charge in [-0.2, -0.15) is 4.98 Å². The molecular weight excluding hydrogens is 342 g/mol. The summed E-state index contributed by atoms with van der Waals surface area (Å²) < 4.78 is 5.02. The first-order valence-electron chi connectivity index (χ1n) is 8.77. The molecule has 0 radical (unpaired) electrons. The fourth-order valence-corrected chi connectivity index (χ4v) is 2.90. The summed E-state index contributed by atoms with van der Waals surface area (Å²) in [6.45, 7) is 1.75. The number of rotatable bonds is 6. The van der Waals surface area contributed by atoms with Crippen molar-refractivity contribution in [2.24, 2.45) is 0 Å². The molecule has 0 aliphatic rings. The molecule has 0 aliphatic carbocycles. The van der Waals surface area contributed by atoms with Gasteiger partial charge in [0.2, 0.25) is 11.8 Å². The smallest absolute Gasteiger partial charge is 0.227 e. The van der Waals surface area contributed by atoms with Crippen LogP contribution in [0.1, 0.15) is 29.5 Å². The number of fused-ring (bicyclic) bond motifs is 1. The molecular formula is C20H19N5O2. The van der Waals surface area contributed by atoms with Crippen LogP contribution >= 0.6 is 0 Å². The van der Waals surface area contributed by atoms with Crippen LogP contribution in [0, 0.1) is 6.92 Å². The number of anilines is 1. The second-order valence-electron chi connectivity index (χ2n) is 6.36. The van der Waals surface area contributed by atoms with Gasteiger partial charge in [-0.15, -0.1) is 0 Å². The quantitative estimate of drug-likeness (QED) is 0.548. The van der Waals surface area contributed by atoms with Crippen LogP contribution in [0.25, 0.3) is 11.0 Å². The molecule has 0 saturated heterocycles. The number of imidazole rings is 1. The Hall–Kier alpha value is -3.48. The summed E-state index contributed by atoms with van der Waals surface area (Å²) in [5, 5.41) is 6.61. The third-order valence-corrected chi connectivity index (χ3v) is 4.16. The highest BCUT2D eigenvalue weighted by Gasteiger charge is 2.09. The van der Waals surface area contributed by atoms with Gasteiger partial charge in [0, 0.05) is 24.9 Å². The average molecular weight is 361 g/mol. The number of carbonyl (C=O) groups excluding carboxylic acids is 1. The molecule has 7 heteroatoms. The zero-order chi connectivity index (χ0) is 18.6. The molecule has 27 heavy (non-hydrogen) atoms. The standard InChI is InChI=1S/C20H19N5O2/c1-13-21-20(27-25-13)10-9-19(26)22-15-7-8-16-17(12-15)24-18(23-16)11-14-5-3-2-4-6-14/h2-8,12H,9-11H2,1H3,(H,22,26)(H,23,24). The molecule has 4 rings (SSSR count). The van der Waals surface area contributed by atoms with E-state index >= 15 is 0 Å². The van der Waals surface area contributed by atoms with Gasteiger partial charge in [-0.05, 0) is 30.7 Å². The van der Waals surface area contributed by atoms with Gasteiger partial charge in [-0.3, -0.25) is 4.79 Å². The third kappa shape index (κ3) is 4.20. The molecule has 0 atom stereocenters. The maximum Gasteiger partial charge on any atom is 0.227 e. The van der Waals surface area contributed by atoms with Crippen molar-refractivity contribution in [2.75, 3.05) is 5.32 Å². The Balaban J connectivity index is 1.41. The number of carbonyl (C=O) groups is 1. The Kier molecular flexibility index (Phi) is 4.65. The second kappa shape index (κ2) is 7.41. The summed E-state index contributed by atoms with van der Waals surface area (Å²) in [6.07, 6.45) is 1.43. The minimum absolute atomic E-state index is 0.103. The van der Waals surface area contributed by atoms with Crippen molar-refractivity contribution in [2.45, 2.75) is 26.2 Å². The largest absolute Gasteiger partial charge is 0.342 e. The fourth-order valence-electron chi connectivity index (χ4n) is 2.90. The number of aromatic amines is 1. The number of nitrogens with zero attached hydrogens (tertiary/aromatic N) is 3. The molecule has 1 amide bonds. The van der Waals surface area contributed by atoms with Crippen LogP contribution in [0.4, 0.5) is 5.69 Å². The molecule has 0 unspecified atom stereocenters. The fraction of sp³-hybridized carbons (Fsp3) is 0.200. The topological polar surface area (TPSA) is 96.7 Å². The molecule has 0 bridgehead atoms. The van der Waals surface area contributed by atoms with Crippen LogP contribution < -0.4 is 5.32 Å². The molecule has 2 aromatic heterocycles. The molecule has 2 aromatic carbocycles. The molecule has 2 N–H and O–H groups in total. The van der Waals surface area contributed by atoms with Gasteiger partial charge in [0.15, 0.2) is 5.82 Å². The number of hydrogen-bond donors (Lipinski definition) is 2. The Morgan fingerprint density at radius 1 is 1.15 bits per heavy atom. The SMILES string of the molecule is Cc1noc(CCC(=O)Nc2ccc3nc(Cc4ccccc4)[nH]c3c2)n1. The summed E-state index contributed by atoms with van der Waals surface area (Å²) in [5.74, 6) is 1.83. The lowest BCUT2D eigenvalue weighted by atomic mass is 10.1. The molecule has 7 nitrogen and oxygen atoms in total. The lowest BCUT2D eigenvalue weighted by molar-refractivity contribution is -0.116. The van der Waals surface area contributed by atoms with Gasteiger partial charge < -0.3 is 14.8 Å². The second-order valence-corrected chi connectivity index (χ2v) is 6.36. The first-order chi connectivity index (χ1) is 13.2. The van der Waals surface area contributed by atoms with E-state index in [0.717, 1.165) is 29.0 Å². The Labute approximate surface area is 155 Å². The number of benzene rings is 2. The molecule has 0 fully saturated rings. The molecule has 136 valence electrons. The van der Waals surface area contributed by atoms with Crippen LogP contribution in [0.5, 0.6) is 0 Å². The van der Waals surface area contributed by atoms with Gasteiger partial charge >= 0.3 is 0 Å². The summed E-state index contributed by atoms with van der Waals surface area (Å²) in [7, 11) is 0. The maximum atomic E-state index is 12.1. The minimum Gasteiger partial charge on any atom is -0.342 e. The van der Waals surface area contributed by atoms with Crippen LogP contribution in [-0.4, -0.2) is 26.0 Å². The summed E-state index contributed by atoms with van der Waals surface area (Å²) in [4.78, 5) is 24.2. The highest BCUT2D eigenvalue weighted by atomic mass is 16.5.